The number of hydrazone groups is 1. The molecule has 21 heavy (non-hydrogen) atoms. The summed E-state index contributed by atoms with van der Waals surface area (Å²) in [6.45, 7) is 1.40. The summed E-state index contributed by atoms with van der Waals surface area (Å²) in [4.78, 5) is 11.9. The lowest BCUT2D eigenvalue weighted by Crippen LogP contribution is -2.18. The first-order chi connectivity index (χ1) is 10.3. The lowest BCUT2D eigenvalue weighted by Gasteiger charge is -1.98. The number of rotatable bonds is 4. The minimum absolute atomic E-state index is 0.202. The van der Waals surface area contributed by atoms with Crippen molar-refractivity contribution in [3.63, 3.8) is 0 Å². The molecule has 1 fully saturated rings. The number of hydrogen-bond donors (Lipinski definition) is 1. The number of carbonyl (C=O) groups is 1. The standard InChI is InChI=1S/C15H15N3O3/c19-15(17-16-9-11-6-7-20-10-11)13-8-14(21-18-13)12-4-2-1-3-5-12/h1-5,8-9,11H,6-7,10H2,(H,17,19)/b16-9+. The predicted octanol–water partition coefficient (Wildman–Crippen LogP) is 2.09. The summed E-state index contributed by atoms with van der Waals surface area (Å²) in [5, 5.41) is 7.68. The third-order valence-corrected chi connectivity index (χ3v) is 3.22. The van der Waals surface area contributed by atoms with Gasteiger partial charge in [-0.25, -0.2) is 5.43 Å². The SMILES string of the molecule is O=C(N/N=C/C1CCOC1)c1cc(-c2ccccc2)on1. The fourth-order valence-corrected chi connectivity index (χ4v) is 2.05. The Morgan fingerprint density at radius 2 is 2.24 bits per heavy atom. The molecule has 0 aliphatic carbocycles. The number of aromatic nitrogens is 1. The Morgan fingerprint density at radius 1 is 1.38 bits per heavy atom. The van der Waals surface area contributed by atoms with E-state index in [0.29, 0.717) is 12.4 Å². The number of carbonyl (C=O) groups excluding carboxylic acids is 1. The molecule has 2 aromatic rings. The highest BCUT2D eigenvalue weighted by atomic mass is 16.5. The maximum Gasteiger partial charge on any atom is 0.293 e. The molecule has 1 aromatic heterocycles. The van der Waals surface area contributed by atoms with Gasteiger partial charge in [0, 0.05) is 30.4 Å². The van der Waals surface area contributed by atoms with E-state index < -0.39 is 5.91 Å². The van der Waals surface area contributed by atoms with Gasteiger partial charge in [-0.3, -0.25) is 4.79 Å². The normalized spacial score (nSPS) is 18.2. The van der Waals surface area contributed by atoms with Gasteiger partial charge in [-0.15, -0.1) is 0 Å². The molecule has 0 saturated carbocycles. The van der Waals surface area contributed by atoms with Gasteiger partial charge >= 0.3 is 0 Å². The zero-order valence-electron chi connectivity index (χ0n) is 11.4. The molecule has 1 aliphatic heterocycles. The Labute approximate surface area is 121 Å². The van der Waals surface area contributed by atoms with E-state index in [1.165, 1.54) is 0 Å². The summed E-state index contributed by atoms with van der Waals surface area (Å²) in [6.07, 6.45) is 2.63. The highest BCUT2D eigenvalue weighted by molar-refractivity contribution is 5.93. The van der Waals surface area contributed by atoms with Gasteiger partial charge < -0.3 is 9.26 Å². The highest BCUT2D eigenvalue weighted by Gasteiger charge is 2.15. The lowest BCUT2D eigenvalue weighted by atomic mass is 10.1. The van der Waals surface area contributed by atoms with Gasteiger partial charge in [0.15, 0.2) is 11.5 Å². The van der Waals surface area contributed by atoms with Crippen LogP contribution in [0.4, 0.5) is 0 Å². The first kappa shape index (κ1) is 13.5. The van der Waals surface area contributed by atoms with Gasteiger partial charge in [0.2, 0.25) is 0 Å². The van der Waals surface area contributed by atoms with Gasteiger partial charge in [0.1, 0.15) is 0 Å². The molecule has 0 spiro atoms. The van der Waals surface area contributed by atoms with Gasteiger partial charge in [0.05, 0.1) is 6.61 Å². The van der Waals surface area contributed by atoms with Gasteiger partial charge in [-0.2, -0.15) is 5.10 Å². The number of ether oxygens (including phenoxy) is 1. The zero-order chi connectivity index (χ0) is 14.5. The molecule has 0 bridgehead atoms. The Kier molecular flexibility index (Phi) is 4.07. The molecular weight excluding hydrogens is 270 g/mol. The maximum absolute atomic E-state index is 11.9. The quantitative estimate of drug-likeness (QED) is 0.689. The number of hydrogen-bond acceptors (Lipinski definition) is 5. The summed E-state index contributed by atoms with van der Waals surface area (Å²) in [5.74, 6) is 0.424. The Bertz CT molecular complexity index is 631. The fraction of sp³-hybridized carbons (Fsp3) is 0.267. The third kappa shape index (κ3) is 3.35. The molecule has 1 saturated heterocycles. The number of nitrogens with one attached hydrogen (secondary N) is 1. The number of benzene rings is 1. The van der Waals surface area contributed by atoms with E-state index in [1.54, 1.807) is 12.3 Å². The first-order valence-electron chi connectivity index (χ1n) is 6.76. The molecule has 1 amide bonds. The highest BCUT2D eigenvalue weighted by Crippen LogP contribution is 2.19. The van der Waals surface area contributed by atoms with E-state index >= 15 is 0 Å². The summed E-state index contributed by atoms with van der Waals surface area (Å²) < 4.78 is 10.4. The van der Waals surface area contributed by atoms with Crippen LogP contribution in [0.1, 0.15) is 16.9 Å². The summed E-state index contributed by atoms with van der Waals surface area (Å²) >= 11 is 0. The van der Waals surface area contributed by atoms with Crippen molar-refractivity contribution >= 4 is 12.1 Å². The van der Waals surface area contributed by atoms with Crippen LogP contribution in [0.2, 0.25) is 0 Å². The molecule has 2 heterocycles. The largest absolute Gasteiger partial charge is 0.381 e. The Morgan fingerprint density at radius 3 is 3.00 bits per heavy atom. The van der Waals surface area contributed by atoms with Crippen molar-refractivity contribution in [1.29, 1.82) is 0 Å². The average Bonchev–Trinajstić information content (AvgIpc) is 3.20. The molecule has 1 aromatic carbocycles. The van der Waals surface area contributed by atoms with E-state index in [2.05, 4.69) is 15.7 Å². The van der Waals surface area contributed by atoms with Crippen LogP contribution in [0.5, 0.6) is 0 Å². The summed E-state index contributed by atoms with van der Waals surface area (Å²) in [6, 6.07) is 11.1. The van der Waals surface area contributed by atoms with Crippen LogP contribution in [0.15, 0.2) is 46.0 Å². The van der Waals surface area contributed by atoms with E-state index in [9.17, 15) is 4.79 Å². The van der Waals surface area contributed by atoms with Gasteiger partial charge in [-0.1, -0.05) is 35.5 Å². The summed E-state index contributed by atoms with van der Waals surface area (Å²) in [7, 11) is 0. The lowest BCUT2D eigenvalue weighted by molar-refractivity contribution is 0.0946. The van der Waals surface area contributed by atoms with Crippen LogP contribution in [-0.2, 0) is 4.74 Å². The first-order valence-corrected chi connectivity index (χ1v) is 6.76. The average molecular weight is 285 g/mol. The topological polar surface area (TPSA) is 76.7 Å². The smallest absolute Gasteiger partial charge is 0.293 e. The summed E-state index contributed by atoms with van der Waals surface area (Å²) in [5.41, 5.74) is 3.52. The molecule has 0 radical (unpaired) electrons. The monoisotopic (exact) mass is 285 g/mol. The second kappa shape index (κ2) is 6.32. The second-order valence-corrected chi connectivity index (χ2v) is 4.79. The minimum Gasteiger partial charge on any atom is -0.381 e. The van der Waals surface area contributed by atoms with Gasteiger partial charge in [-0.05, 0) is 6.42 Å². The van der Waals surface area contributed by atoms with Crippen molar-refractivity contribution < 1.29 is 14.1 Å². The zero-order valence-corrected chi connectivity index (χ0v) is 11.4. The van der Waals surface area contributed by atoms with E-state index in [-0.39, 0.29) is 11.6 Å². The molecule has 1 aliphatic rings. The molecule has 3 rings (SSSR count). The van der Waals surface area contributed by atoms with Crippen LogP contribution in [0.25, 0.3) is 11.3 Å². The Hall–Kier alpha value is -2.47. The van der Waals surface area contributed by atoms with E-state index in [0.717, 1.165) is 18.6 Å². The van der Waals surface area contributed by atoms with Crippen LogP contribution < -0.4 is 5.43 Å². The third-order valence-electron chi connectivity index (χ3n) is 3.22. The molecule has 1 N–H and O–H groups in total. The Balaban J connectivity index is 1.61. The van der Waals surface area contributed by atoms with Crippen molar-refractivity contribution in [1.82, 2.24) is 10.6 Å². The second-order valence-electron chi connectivity index (χ2n) is 4.79. The van der Waals surface area contributed by atoms with Crippen molar-refractivity contribution in [2.45, 2.75) is 6.42 Å². The minimum atomic E-state index is -0.393. The molecule has 1 atom stereocenters. The van der Waals surface area contributed by atoms with Crippen molar-refractivity contribution in [3.05, 3.63) is 42.1 Å². The van der Waals surface area contributed by atoms with Crippen LogP contribution >= 0.6 is 0 Å². The molecule has 6 heteroatoms. The van der Waals surface area contributed by atoms with Crippen molar-refractivity contribution in [2.75, 3.05) is 13.2 Å². The van der Waals surface area contributed by atoms with E-state index in [1.807, 2.05) is 30.3 Å². The van der Waals surface area contributed by atoms with Gasteiger partial charge in [0.25, 0.3) is 5.91 Å². The van der Waals surface area contributed by atoms with Crippen LogP contribution in [-0.4, -0.2) is 30.5 Å². The molecule has 108 valence electrons. The van der Waals surface area contributed by atoms with E-state index in [4.69, 9.17) is 9.26 Å². The van der Waals surface area contributed by atoms with Crippen LogP contribution in [0, 0.1) is 5.92 Å². The molecule has 1 unspecified atom stereocenters. The van der Waals surface area contributed by atoms with Crippen LogP contribution in [0.3, 0.4) is 0 Å². The van der Waals surface area contributed by atoms with Crippen molar-refractivity contribution in [2.24, 2.45) is 11.0 Å². The predicted molar refractivity (Wildman–Crippen MR) is 76.8 cm³/mol. The maximum atomic E-state index is 11.9. The molecular formula is C15H15N3O3. The number of nitrogens with zero attached hydrogens (tertiary/aromatic N) is 2. The van der Waals surface area contributed by atoms with Crippen molar-refractivity contribution in [3.8, 4) is 11.3 Å². The fourth-order valence-electron chi connectivity index (χ4n) is 2.05. The number of amides is 1. The molecule has 6 nitrogen and oxygen atoms in total.